The Bertz CT molecular complexity index is 1110. The lowest BCUT2D eigenvalue weighted by molar-refractivity contribution is -0.131. The topological polar surface area (TPSA) is 146 Å². The molecule has 1 saturated heterocycles. The maximum absolute atomic E-state index is 12.8. The molecule has 1 atom stereocenters. The molecule has 0 spiro atoms. The van der Waals surface area contributed by atoms with Gasteiger partial charge in [-0.05, 0) is 36.4 Å². The fourth-order valence-electron chi connectivity index (χ4n) is 2.91. The standard InChI is InChI=1S/C21H19N5O6/c1-12(27)23-14-9-7-13(8-10-14)18(28)25-22-11-15-19(29)24-21(31)26(20(15)30)16-5-3-4-6-17(16)32-2/h3-11,15H,1-2H3,(H,23,27)(H,25,28)(H,24,29,31)/b22-11-/t15-/m1/s1. The molecule has 0 bridgehead atoms. The van der Waals surface area contributed by atoms with Gasteiger partial charge in [0.15, 0.2) is 5.92 Å². The Morgan fingerprint density at radius 2 is 1.78 bits per heavy atom. The Balaban J connectivity index is 1.72. The summed E-state index contributed by atoms with van der Waals surface area (Å²) in [6.07, 6.45) is 0.941. The van der Waals surface area contributed by atoms with Gasteiger partial charge in [0.1, 0.15) is 5.75 Å². The number of amides is 6. The fourth-order valence-corrected chi connectivity index (χ4v) is 2.91. The number of carbonyl (C=O) groups excluding carboxylic acids is 5. The zero-order chi connectivity index (χ0) is 23.3. The number of nitrogens with zero attached hydrogens (tertiary/aromatic N) is 2. The summed E-state index contributed by atoms with van der Waals surface area (Å²) in [5, 5.41) is 8.35. The summed E-state index contributed by atoms with van der Waals surface area (Å²) in [6, 6.07) is 11.4. The van der Waals surface area contributed by atoms with Gasteiger partial charge in [0.2, 0.25) is 11.8 Å². The molecular formula is C21H19N5O6. The van der Waals surface area contributed by atoms with E-state index in [1.807, 2.05) is 0 Å². The zero-order valence-corrected chi connectivity index (χ0v) is 17.1. The first-order chi connectivity index (χ1) is 15.3. The molecule has 2 aromatic carbocycles. The van der Waals surface area contributed by atoms with E-state index in [2.05, 4.69) is 21.2 Å². The van der Waals surface area contributed by atoms with Crippen LogP contribution in [0.2, 0.25) is 0 Å². The maximum Gasteiger partial charge on any atom is 0.335 e. The van der Waals surface area contributed by atoms with Crippen molar-refractivity contribution in [2.24, 2.45) is 11.0 Å². The van der Waals surface area contributed by atoms with Crippen LogP contribution in [0.4, 0.5) is 16.2 Å². The van der Waals surface area contributed by atoms with E-state index in [4.69, 9.17) is 4.74 Å². The minimum atomic E-state index is -1.44. The van der Waals surface area contributed by atoms with Gasteiger partial charge in [-0.25, -0.2) is 15.1 Å². The largest absolute Gasteiger partial charge is 0.495 e. The minimum absolute atomic E-state index is 0.159. The highest BCUT2D eigenvalue weighted by Gasteiger charge is 2.41. The predicted molar refractivity (Wildman–Crippen MR) is 114 cm³/mol. The van der Waals surface area contributed by atoms with Crippen LogP contribution in [-0.2, 0) is 14.4 Å². The second-order valence-electron chi connectivity index (χ2n) is 6.60. The monoisotopic (exact) mass is 437 g/mol. The summed E-state index contributed by atoms with van der Waals surface area (Å²) < 4.78 is 5.18. The second-order valence-corrected chi connectivity index (χ2v) is 6.60. The molecule has 0 aromatic heterocycles. The summed E-state index contributed by atoms with van der Waals surface area (Å²) in [5.41, 5.74) is 3.13. The number of anilines is 2. The highest BCUT2D eigenvalue weighted by Crippen LogP contribution is 2.30. The van der Waals surface area contributed by atoms with Crippen LogP contribution in [0.15, 0.2) is 53.6 Å². The lowest BCUT2D eigenvalue weighted by Crippen LogP contribution is -2.58. The average Bonchev–Trinajstić information content (AvgIpc) is 2.76. The molecule has 3 rings (SSSR count). The number of methoxy groups -OCH3 is 1. The Labute approximate surface area is 182 Å². The first kappa shape index (κ1) is 22.2. The molecule has 11 heteroatoms. The lowest BCUT2D eigenvalue weighted by atomic mass is 10.1. The van der Waals surface area contributed by atoms with E-state index < -0.39 is 29.7 Å². The number of barbiturate groups is 1. The van der Waals surface area contributed by atoms with E-state index in [0.29, 0.717) is 5.69 Å². The molecule has 0 saturated carbocycles. The molecule has 1 heterocycles. The smallest absolute Gasteiger partial charge is 0.335 e. The number of carbonyl (C=O) groups is 5. The summed E-state index contributed by atoms with van der Waals surface area (Å²) in [4.78, 5) is 61.3. The van der Waals surface area contributed by atoms with Crippen molar-refractivity contribution in [2.45, 2.75) is 6.92 Å². The summed E-state index contributed by atoms with van der Waals surface area (Å²) in [5.74, 6) is -3.75. The normalized spacial score (nSPS) is 16.0. The highest BCUT2D eigenvalue weighted by atomic mass is 16.5. The molecule has 164 valence electrons. The Morgan fingerprint density at radius 1 is 1.09 bits per heavy atom. The molecule has 0 radical (unpaired) electrons. The van der Waals surface area contributed by atoms with Gasteiger partial charge in [-0.2, -0.15) is 5.10 Å². The summed E-state index contributed by atoms with van der Waals surface area (Å²) in [6.45, 7) is 1.36. The van der Waals surface area contributed by atoms with Crippen molar-refractivity contribution in [3.63, 3.8) is 0 Å². The number of imide groups is 2. The number of ether oxygens (including phenoxy) is 1. The first-order valence-electron chi connectivity index (χ1n) is 9.35. The van der Waals surface area contributed by atoms with Crippen LogP contribution in [0, 0.1) is 5.92 Å². The third-order valence-electron chi connectivity index (χ3n) is 4.39. The average molecular weight is 437 g/mol. The maximum atomic E-state index is 12.8. The molecule has 1 aliphatic rings. The van der Waals surface area contributed by atoms with E-state index >= 15 is 0 Å². The number of hydrogen-bond donors (Lipinski definition) is 3. The van der Waals surface area contributed by atoms with E-state index in [0.717, 1.165) is 11.1 Å². The molecular weight excluding hydrogens is 418 g/mol. The molecule has 2 aromatic rings. The van der Waals surface area contributed by atoms with Gasteiger partial charge >= 0.3 is 6.03 Å². The number of hydrazone groups is 1. The van der Waals surface area contributed by atoms with Crippen molar-refractivity contribution < 1.29 is 28.7 Å². The van der Waals surface area contributed by atoms with Gasteiger partial charge < -0.3 is 10.1 Å². The van der Waals surface area contributed by atoms with Gasteiger partial charge in [-0.15, -0.1) is 0 Å². The van der Waals surface area contributed by atoms with Crippen molar-refractivity contribution >= 4 is 47.2 Å². The van der Waals surface area contributed by atoms with Crippen LogP contribution in [0.5, 0.6) is 5.75 Å². The van der Waals surface area contributed by atoms with E-state index in [1.165, 1.54) is 44.4 Å². The van der Waals surface area contributed by atoms with Crippen LogP contribution in [-0.4, -0.2) is 43.0 Å². The molecule has 3 N–H and O–H groups in total. The van der Waals surface area contributed by atoms with Gasteiger partial charge in [0.25, 0.3) is 11.8 Å². The van der Waals surface area contributed by atoms with Gasteiger partial charge in [0, 0.05) is 24.4 Å². The number of benzene rings is 2. The Morgan fingerprint density at radius 3 is 2.44 bits per heavy atom. The first-order valence-corrected chi connectivity index (χ1v) is 9.35. The second kappa shape index (κ2) is 9.51. The molecule has 0 unspecified atom stereocenters. The van der Waals surface area contributed by atoms with Gasteiger partial charge in [-0.1, -0.05) is 12.1 Å². The fraction of sp³-hybridized carbons (Fsp3) is 0.143. The van der Waals surface area contributed by atoms with Crippen LogP contribution in [0.25, 0.3) is 0 Å². The number of urea groups is 1. The van der Waals surface area contributed by atoms with Crippen molar-refractivity contribution in [1.82, 2.24) is 10.7 Å². The van der Waals surface area contributed by atoms with E-state index in [9.17, 15) is 24.0 Å². The quantitative estimate of drug-likeness (QED) is 0.352. The minimum Gasteiger partial charge on any atom is -0.495 e. The number of rotatable bonds is 6. The number of hydrogen-bond acceptors (Lipinski definition) is 7. The molecule has 11 nitrogen and oxygen atoms in total. The van der Waals surface area contributed by atoms with Crippen molar-refractivity contribution in [2.75, 3.05) is 17.3 Å². The van der Waals surface area contributed by atoms with Gasteiger partial charge in [0.05, 0.1) is 12.8 Å². The van der Waals surface area contributed by atoms with Crippen molar-refractivity contribution in [3.05, 3.63) is 54.1 Å². The molecule has 6 amide bonds. The van der Waals surface area contributed by atoms with Crippen LogP contribution in [0.1, 0.15) is 17.3 Å². The van der Waals surface area contributed by atoms with Crippen molar-refractivity contribution in [3.8, 4) is 5.75 Å². The molecule has 0 aliphatic carbocycles. The third-order valence-corrected chi connectivity index (χ3v) is 4.39. The number of nitrogens with one attached hydrogen (secondary N) is 3. The predicted octanol–water partition coefficient (Wildman–Crippen LogP) is 1.27. The van der Waals surface area contributed by atoms with Crippen LogP contribution < -0.4 is 25.7 Å². The van der Waals surface area contributed by atoms with E-state index in [-0.39, 0.29) is 22.9 Å². The number of para-hydroxylation sites is 2. The third kappa shape index (κ3) is 4.78. The zero-order valence-electron chi connectivity index (χ0n) is 17.1. The SMILES string of the molecule is COc1ccccc1N1C(=O)NC(=O)[C@@H](/C=N\NC(=O)c2ccc(NC(C)=O)cc2)C1=O. The highest BCUT2D eigenvalue weighted by molar-refractivity contribution is 6.33. The Kier molecular flexibility index (Phi) is 6.59. The van der Waals surface area contributed by atoms with Crippen LogP contribution >= 0.6 is 0 Å². The van der Waals surface area contributed by atoms with E-state index in [1.54, 1.807) is 18.2 Å². The summed E-state index contributed by atoms with van der Waals surface area (Å²) >= 11 is 0. The molecule has 32 heavy (non-hydrogen) atoms. The summed E-state index contributed by atoms with van der Waals surface area (Å²) in [7, 11) is 1.38. The molecule has 1 aliphatic heterocycles. The van der Waals surface area contributed by atoms with Crippen LogP contribution in [0.3, 0.4) is 0 Å². The molecule has 1 fully saturated rings. The Hall–Kier alpha value is -4.54. The lowest BCUT2D eigenvalue weighted by Gasteiger charge is -2.29. The van der Waals surface area contributed by atoms with Gasteiger partial charge in [-0.3, -0.25) is 24.5 Å². The van der Waals surface area contributed by atoms with Crippen molar-refractivity contribution in [1.29, 1.82) is 0 Å².